The lowest BCUT2D eigenvalue weighted by molar-refractivity contribution is -0.116. The molecule has 1 atom stereocenters. The number of fused-ring (bicyclic) bond motifs is 1. The van der Waals surface area contributed by atoms with Crippen molar-refractivity contribution in [1.29, 1.82) is 0 Å². The first-order chi connectivity index (χ1) is 11.8. The maximum absolute atomic E-state index is 12.6. The summed E-state index contributed by atoms with van der Waals surface area (Å²) in [5.74, 6) is -0.101. The molecule has 0 saturated carbocycles. The van der Waals surface area contributed by atoms with Crippen LogP contribution in [0.4, 0.5) is 5.69 Å². The van der Waals surface area contributed by atoms with E-state index >= 15 is 0 Å². The summed E-state index contributed by atoms with van der Waals surface area (Å²) in [5.41, 5.74) is 1.41. The summed E-state index contributed by atoms with van der Waals surface area (Å²) in [6, 6.07) is 12.3. The molecule has 2 N–H and O–H groups in total. The summed E-state index contributed by atoms with van der Waals surface area (Å²) in [6.07, 6.45) is 0.406. The van der Waals surface area contributed by atoms with Crippen molar-refractivity contribution in [3.8, 4) is 0 Å². The van der Waals surface area contributed by atoms with Crippen LogP contribution >= 0.6 is 27.7 Å². The van der Waals surface area contributed by atoms with E-state index in [1.165, 1.54) is 6.07 Å². The molecule has 0 fully saturated rings. The topological polar surface area (TPSA) is 75.3 Å². The van der Waals surface area contributed by atoms with Gasteiger partial charge in [-0.2, -0.15) is 0 Å². The molecule has 0 spiro atoms. The van der Waals surface area contributed by atoms with Crippen LogP contribution < -0.4 is 10.0 Å². The fourth-order valence-electron chi connectivity index (χ4n) is 2.46. The number of hydrogen-bond acceptors (Lipinski definition) is 4. The monoisotopic (exact) mass is 440 g/mol. The highest BCUT2D eigenvalue weighted by Crippen LogP contribution is 2.36. The van der Waals surface area contributed by atoms with Crippen molar-refractivity contribution < 1.29 is 13.2 Å². The van der Waals surface area contributed by atoms with Gasteiger partial charge in [0, 0.05) is 27.6 Å². The van der Waals surface area contributed by atoms with Crippen molar-refractivity contribution in [3.05, 3.63) is 52.5 Å². The van der Waals surface area contributed by atoms with Crippen LogP contribution in [0, 0.1) is 0 Å². The molecule has 0 aliphatic carbocycles. The summed E-state index contributed by atoms with van der Waals surface area (Å²) >= 11 is 4.91. The molecular weight excluding hydrogens is 424 g/mol. The second-order valence-electron chi connectivity index (χ2n) is 5.79. The highest BCUT2D eigenvalue weighted by atomic mass is 79.9. The van der Waals surface area contributed by atoms with E-state index < -0.39 is 10.0 Å². The lowest BCUT2D eigenvalue weighted by Crippen LogP contribution is -2.23. The fourth-order valence-corrected chi connectivity index (χ4v) is 4.82. The Kier molecular flexibility index (Phi) is 5.52. The lowest BCUT2D eigenvalue weighted by atomic mass is 10.2. The molecule has 1 aliphatic rings. The Morgan fingerprint density at radius 2 is 1.96 bits per heavy atom. The largest absolute Gasteiger partial charge is 0.325 e. The van der Waals surface area contributed by atoms with Crippen LogP contribution in [-0.4, -0.2) is 19.6 Å². The molecule has 5 nitrogen and oxygen atoms in total. The molecule has 8 heteroatoms. The number of halogens is 1. The van der Waals surface area contributed by atoms with Crippen LogP contribution in [-0.2, 0) is 21.4 Å². The van der Waals surface area contributed by atoms with Gasteiger partial charge in [-0.25, -0.2) is 13.1 Å². The molecule has 0 aromatic heterocycles. The Balaban J connectivity index is 1.80. The number of carbonyl (C=O) groups excluding carboxylic acids is 1. The highest BCUT2D eigenvalue weighted by Gasteiger charge is 2.22. The fraction of sp³-hybridized carbons (Fsp3) is 0.235. The number of nitrogens with one attached hydrogen (secondary N) is 2. The molecule has 3 rings (SSSR count). The van der Waals surface area contributed by atoms with E-state index in [4.69, 9.17) is 0 Å². The summed E-state index contributed by atoms with van der Waals surface area (Å²) in [7, 11) is -3.67. The van der Waals surface area contributed by atoms with Crippen molar-refractivity contribution in [2.75, 3.05) is 5.32 Å². The Morgan fingerprint density at radius 1 is 1.24 bits per heavy atom. The van der Waals surface area contributed by atoms with E-state index in [9.17, 15) is 13.2 Å². The van der Waals surface area contributed by atoms with Gasteiger partial charge >= 0.3 is 0 Å². The molecule has 0 bridgehead atoms. The summed E-state index contributed by atoms with van der Waals surface area (Å²) < 4.78 is 28.6. The predicted octanol–water partition coefficient (Wildman–Crippen LogP) is 3.75. The average Bonchev–Trinajstić information content (AvgIpc) is 2.69. The standard InChI is InChI=1S/C17H17BrN2O3S2/c1-11-8-17(21)20-15-9-14(6-7-16(15)24-11)25(22,23)19-10-12-2-4-13(18)5-3-12/h2-7,9,11,19H,8,10H2,1H3,(H,20,21)/t11-/m0/s1. The van der Waals surface area contributed by atoms with Crippen LogP contribution in [0.5, 0.6) is 0 Å². The van der Waals surface area contributed by atoms with Gasteiger partial charge in [0.05, 0.1) is 10.6 Å². The SMILES string of the molecule is C[C@H]1CC(=O)Nc2cc(S(=O)(=O)NCc3ccc(Br)cc3)ccc2S1. The van der Waals surface area contributed by atoms with Gasteiger partial charge in [-0.05, 0) is 35.9 Å². The van der Waals surface area contributed by atoms with Crippen LogP contribution in [0.2, 0.25) is 0 Å². The third kappa shape index (κ3) is 4.63. The summed E-state index contributed by atoms with van der Waals surface area (Å²) in [5, 5.41) is 2.94. The number of anilines is 1. The first-order valence-electron chi connectivity index (χ1n) is 7.68. The van der Waals surface area contributed by atoms with Crippen molar-refractivity contribution in [2.45, 2.75) is 34.9 Å². The molecule has 2 aromatic rings. The Morgan fingerprint density at radius 3 is 2.68 bits per heavy atom. The van der Waals surface area contributed by atoms with Crippen LogP contribution in [0.1, 0.15) is 18.9 Å². The van der Waals surface area contributed by atoms with E-state index in [-0.39, 0.29) is 22.6 Å². The minimum Gasteiger partial charge on any atom is -0.325 e. The first-order valence-corrected chi connectivity index (χ1v) is 10.8. The molecule has 1 amide bonds. The van der Waals surface area contributed by atoms with Gasteiger partial charge < -0.3 is 5.32 Å². The number of amides is 1. The zero-order valence-electron chi connectivity index (χ0n) is 13.5. The number of benzene rings is 2. The van der Waals surface area contributed by atoms with Crippen LogP contribution in [0.3, 0.4) is 0 Å². The molecule has 132 valence electrons. The van der Waals surface area contributed by atoms with Crippen molar-refractivity contribution in [3.63, 3.8) is 0 Å². The molecule has 25 heavy (non-hydrogen) atoms. The average molecular weight is 441 g/mol. The smallest absolute Gasteiger partial charge is 0.240 e. The first kappa shape index (κ1) is 18.4. The van der Waals surface area contributed by atoms with Crippen LogP contribution in [0.15, 0.2) is 56.7 Å². The molecular formula is C17H17BrN2O3S2. The number of thioether (sulfide) groups is 1. The Bertz CT molecular complexity index is 899. The quantitative estimate of drug-likeness (QED) is 0.758. The molecule has 0 unspecified atom stereocenters. The van der Waals surface area contributed by atoms with E-state index in [1.807, 2.05) is 31.2 Å². The van der Waals surface area contributed by atoms with Gasteiger partial charge in [0.1, 0.15) is 0 Å². The summed E-state index contributed by atoms with van der Waals surface area (Å²) in [6.45, 7) is 2.18. The van der Waals surface area contributed by atoms with E-state index in [0.717, 1.165) is 14.9 Å². The van der Waals surface area contributed by atoms with Crippen molar-refractivity contribution in [1.82, 2.24) is 4.72 Å². The van der Waals surface area contributed by atoms with Crippen molar-refractivity contribution >= 4 is 49.3 Å². The maximum atomic E-state index is 12.6. The zero-order valence-corrected chi connectivity index (χ0v) is 16.7. The maximum Gasteiger partial charge on any atom is 0.240 e. The highest BCUT2D eigenvalue weighted by molar-refractivity contribution is 9.10. The van der Waals surface area contributed by atoms with E-state index in [1.54, 1.807) is 23.9 Å². The summed E-state index contributed by atoms with van der Waals surface area (Å²) in [4.78, 5) is 12.9. The molecule has 1 aliphatic heterocycles. The van der Waals surface area contributed by atoms with Crippen LogP contribution in [0.25, 0.3) is 0 Å². The second kappa shape index (κ2) is 7.49. The van der Waals surface area contributed by atoms with Gasteiger partial charge in [0.2, 0.25) is 15.9 Å². The molecule has 0 saturated heterocycles. The third-order valence-corrected chi connectivity index (χ3v) is 6.82. The number of sulfonamides is 1. The number of hydrogen-bond donors (Lipinski definition) is 2. The van der Waals surface area contributed by atoms with E-state index in [2.05, 4.69) is 26.0 Å². The minimum atomic E-state index is -3.67. The predicted molar refractivity (Wildman–Crippen MR) is 103 cm³/mol. The van der Waals surface area contributed by atoms with Gasteiger partial charge in [0.25, 0.3) is 0 Å². The second-order valence-corrected chi connectivity index (χ2v) is 9.95. The Labute approximate surface area is 159 Å². The van der Waals surface area contributed by atoms with Crippen molar-refractivity contribution in [2.24, 2.45) is 0 Å². The van der Waals surface area contributed by atoms with Gasteiger partial charge in [0.15, 0.2) is 0 Å². The van der Waals surface area contributed by atoms with Gasteiger partial charge in [-0.3, -0.25) is 4.79 Å². The molecule has 0 radical (unpaired) electrons. The van der Waals surface area contributed by atoms with Gasteiger partial charge in [-0.1, -0.05) is 35.0 Å². The zero-order chi connectivity index (χ0) is 18.0. The minimum absolute atomic E-state index is 0.101. The Hall–Kier alpha value is -1.35. The third-order valence-electron chi connectivity index (χ3n) is 3.72. The molecule has 1 heterocycles. The normalized spacial score (nSPS) is 17.5. The lowest BCUT2D eigenvalue weighted by Gasteiger charge is -2.11. The number of carbonyl (C=O) groups is 1. The van der Waals surface area contributed by atoms with E-state index in [0.29, 0.717) is 12.1 Å². The number of rotatable bonds is 4. The molecule has 2 aromatic carbocycles. The van der Waals surface area contributed by atoms with Gasteiger partial charge in [-0.15, -0.1) is 11.8 Å².